The predicted molar refractivity (Wildman–Crippen MR) is 84.7 cm³/mol. The van der Waals surface area contributed by atoms with E-state index in [-0.39, 0.29) is 17.4 Å². The van der Waals surface area contributed by atoms with E-state index in [1.807, 2.05) is 0 Å². The normalized spacial score (nSPS) is 49.7. The van der Waals surface area contributed by atoms with Crippen molar-refractivity contribution in [1.29, 1.82) is 0 Å². The van der Waals surface area contributed by atoms with Crippen molar-refractivity contribution in [2.75, 3.05) is 0 Å². The molecule has 1 unspecified atom stereocenters. The summed E-state index contributed by atoms with van der Waals surface area (Å²) in [4.78, 5) is 23.3. The molecule has 0 bridgehead atoms. The number of nitrogens with one attached hydrogen (secondary N) is 1. The lowest BCUT2D eigenvalue weighted by molar-refractivity contribution is -0.120. The van der Waals surface area contributed by atoms with Crippen molar-refractivity contribution in [3.05, 3.63) is 17.7 Å². The zero-order valence-corrected chi connectivity index (χ0v) is 13.5. The van der Waals surface area contributed by atoms with Crippen molar-refractivity contribution < 1.29 is 9.59 Å². The van der Waals surface area contributed by atoms with Crippen LogP contribution in [-0.2, 0) is 9.59 Å². The average molecular weight is 299 g/mol. The van der Waals surface area contributed by atoms with Crippen LogP contribution in [0.5, 0.6) is 0 Å². The molecule has 0 aromatic heterocycles. The van der Waals surface area contributed by atoms with Crippen LogP contribution < -0.4 is 5.32 Å². The fourth-order valence-corrected chi connectivity index (χ4v) is 6.31. The van der Waals surface area contributed by atoms with Gasteiger partial charge in [-0.05, 0) is 61.3 Å². The first-order chi connectivity index (χ1) is 10.5. The van der Waals surface area contributed by atoms with E-state index in [2.05, 4.69) is 31.2 Å². The highest BCUT2D eigenvalue weighted by molar-refractivity contribution is 5.90. The first kappa shape index (κ1) is 14.3. The van der Waals surface area contributed by atoms with Crippen LogP contribution in [0, 0.1) is 28.6 Å². The van der Waals surface area contributed by atoms with E-state index in [9.17, 15) is 9.59 Å². The van der Waals surface area contributed by atoms with E-state index in [0.717, 1.165) is 17.9 Å². The second kappa shape index (κ2) is 4.58. The topological polar surface area (TPSA) is 46.2 Å². The standard InChI is InChI=1S/C19H25NO2/c1-18-7-3-4-14(18)13-10-12(11-21)17-19(2,15(13)5-8-18)9-6-16(22)20-17/h6,9,13-15,17H,3-5,7-8,10H2,1-2H3,(H,20,22)/t13-,14-,15-,17?,18-,19+/m0/s1. The summed E-state index contributed by atoms with van der Waals surface area (Å²) in [5.74, 6) is 4.01. The highest BCUT2D eigenvalue weighted by Gasteiger charge is 2.58. The molecule has 3 saturated carbocycles. The van der Waals surface area contributed by atoms with Crippen LogP contribution in [0.1, 0.15) is 52.4 Å². The molecule has 1 N–H and O–H groups in total. The first-order valence-corrected chi connectivity index (χ1v) is 8.71. The van der Waals surface area contributed by atoms with Crippen LogP contribution in [0.4, 0.5) is 0 Å². The number of fused-ring (bicyclic) bond motifs is 5. The molecule has 1 heterocycles. The highest BCUT2D eigenvalue weighted by atomic mass is 16.1. The van der Waals surface area contributed by atoms with Crippen molar-refractivity contribution >= 4 is 11.8 Å². The third-order valence-corrected chi connectivity index (χ3v) is 7.45. The van der Waals surface area contributed by atoms with Crippen LogP contribution in [-0.4, -0.2) is 17.9 Å². The van der Waals surface area contributed by atoms with Gasteiger partial charge in [-0.3, -0.25) is 4.79 Å². The van der Waals surface area contributed by atoms with Gasteiger partial charge in [-0.15, -0.1) is 0 Å². The Balaban J connectivity index is 1.78. The maximum atomic E-state index is 11.8. The van der Waals surface area contributed by atoms with Gasteiger partial charge >= 0.3 is 0 Å². The van der Waals surface area contributed by atoms with Crippen LogP contribution in [0.3, 0.4) is 0 Å². The maximum Gasteiger partial charge on any atom is 0.244 e. The molecule has 3 fully saturated rings. The maximum absolute atomic E-state index is 11.8. The monoisotopic (exact) mass is 299 g/mol. The quantitative estimate of drug-likeness (QED) is 0.699. The van der Waals surface area contributed by atoms with E-state index in [4.69, 9.17) is 0 Å². The summed E-state index contributed by atoms with van der Waals surface area (Å²) in [6, 6.07) is -0.144. The molecule has 0 spiro atoms. The second-order valence-electron chi connectivity index (χ2n) is 8.43. The minimum Gasteiger partial charge on any atom is -0.344 e. The Hall–Kier alpha value is -1.34. The number of carbonyl (C=O) groups excluding carboxylic acids is 2. The molecule has 0 radical (unpaired) electrons. The van der Waals surface area contributed by atoms with Crippen molar-refractivity contribution in [1.82, 2.24) is 5.32 Å². The summed E-state index contributed by atoms with van der Waals surface area (Å²) in [6.45, 7) is 4.69. The van der Waals surface area contributed by atoms with E-state index in [1.165, 1.54) is 32.1 Å². The Kier molecular flexibility index (Phi) is 2.97. The lowest BCUT2D eigenvalue weighted by atomic mass is 9.48. The number of hydrogen-bond donors (Lipinski definition) is 1. The zero-order chi connectivity index (χ0) is 15.5. The fraction of sp³-hybridized carbons (Fsp3) is 0.737. The Labute approximate surface area is 132 Å². The van der Waals surface area contributed by atoms with Crippen LogP contribution in [0.25, 0.3) is 0 Å². The summed E-state index contributed by atoms with van der Waals surface area (Å²) >= 11 is 0. The number of carbonyl (C=O) groups is 1. The lowest BCUT2D eigenvalue weighted by Crippen LogP contribution is -2.60. The number of rotatable bonds is 0. The first-order valence-electron chi connectivity index (χ1n) is 8.71. The zero-order valence-electron chi connectivity index (χ0n) is 13.5. The van der Waals surface area contributed by atoms with Gasteiger partial charge in [0.05, 0.1) is 6.04 Å². The molecule has 0 saturated heterocycles. The van der Waals surface area contributed by atoms with Gasteiger partial charge in [-0.1, -0.05) is 26.3 Å². The van der Waals surface area contributed by atoms with Gasteiger partial charge < -0.3 is 5.32 Å². The molecule has 118 valence electrons. The third kappa shape index (κ3) is 1.75. The summed E-state index contributed by atoms with van der Waals surface area (Å²) in [5, 5.41) is 3.04. The summed E-state index contributed by atoms with van der Waals surface area (Å²) in [6.07, 6.45) is 11.1. The van der Waals surface area contributed by atoms with Gasteiger partial charge in [0, 0.05) is 11.0 Å². The van der Waals surface area contributed by atoms with Crippen molar-refractivity contribution in [2.45, 2.75) is 58.4 Å². The molecule has 1 amide bonds. The Morgan fingerprint density at radius 3 is 2.82 bits per heavy atom. The minimum atomic E-state index is -0.144. The third-order valence-electron chi connectivity index (χ3n) is 7.45. The molecule has 22 heavy (non-hydrogen) atoms. The minimum absolute atomic E-state index is 0.0739. The van der Waals surface area contributed by atoms with E-state index in [1.54, 1.807) is 6.08 Å². The molecule has 1 aliphatic heterocycles. The average Bonchev–Trinajstić information content (AvgIpc) is 2.89. The number of amides is 1. The molecular weight excluding hydrogens is 274 g/mol. The summed E-state index contributed by atoms with van der Waals surface area (Å²) in [7, 11) is 0. The van der Waals surface area contributed by atoms with Crippen LogP contribution >= 0.6 is 0 Å². The Morgan fingerprint density at radius 2 is 2.05 bits per heavy atom. The summed E-state index contributed by atoms with van der Waals surface area (Å²) < 4.78 is 0. The van der Waals surface area contributed by atoms with Crippen molar-refractivity contribution in [3.63, 3.8) is 0 Å². The largest absolute Gasteiger partial charge is 0.344 e. The molecule has 4 aliphatic rings. The van der Waals surface area contributed by atoms with Gasteiger partial charge in [-0.2, -0.15) is 0 Å². The molecular formula is C19H25NO2. The number of hydrogen-bond acceptors (Lipinski definition) is 2. The van der Waals surface area contributed by atoms with E-state index in [0.29, 0.717) is 17.3 Å². The summed E-state index contributed by atoms with van der Waals surface area (Å²) in [5.41, 5.74) is 1.14. The van der Waals surface area contributed by atoms with Crippen molar-refractivity contribution in [3.8, 4) is 0 Å². The molecule has 0 aromatic rings. The van der Waals surface area contributed by atoms with Crippen molar-refractivity contribution in [2.24, 2.45) is 28.6 Å². The molecule has 4 rings (SSSR count). The smallest absolute Gasteiger partial charge is 0.244 e. The molecule has 3 nitrogen and oxygen atoms in total. The SMILES string of the molecule is C[C@@]12CCC[C@H]1[C@@H]1CC(=C=O)C3NC(=O)C=C[C@]3(C)[C@H]1CC2. The van der Waals surface area contributed by atoms with Gasteiger partial charge in [0.1, 0.15) is 5.94 Å². The van der Waals surface area contributed by atoms with Gasteiger partial charge in [-0.25, -0.2) is 4.79 Å². The Morgan fingerprint density at radius 1 is 1.23 bits per heavy atom. The van der Waals surface area contributed by atoms with E-state index >= 15 is 0 Å². The van der Waals surface area contributed by atoms with Gasteiger partial charge in [0.15, 0.2) is 0 Å². The fourth-order valence-electron chi connectivity index (χ4n) is 6.31. The molecule has 3 heteroatoms. The van der Waals surface area contributed by atoms with Gasteiger partial charge in [0.2, 0.25) is 5.91 Å². The van der Waals surface area contributed by atoms with Gasteiger partial charge in [0.25, 0.3) is 0 Å². The lowest BCUT2D eigenvalue weighted by Gasteiger charge is -2.58. The second-order valence-corrected chi connectivity index (χ2v) is 8.43. The highest BCUT2D eigenvalue weighted by Crippen LogP contribution is 2.63. The molecule has 3 aliphatic carbocycles. The molecule has 0 aromatic carbocycles. The molecule has 6 atom stereocenters. The van der Waals surface area contributed by atoms with E-state index < -0.39 is 0 Å². The van der Waals surface area contributed by atoms with Crippen LogP contribution in [0.2, 0.25) is 0 Å². The predicted octanol–water partition coefficient (Wildman–Crippen LogP) is 3.04. The van der Waals surface area contributed by atoms with Crippen LogP contribution in [0.15, 0.2) is 17.7 Å². The Bertz CT molecular complexity index is 603.